The molecule has 25 heavy (non-hydrogen) atoms. The predicted octanol–water partition coefficient (Wildman–Crippen LogP) is 2.56. The highest BCUT2D eigenvalue weighted by Crippen LogP contribution is 2.25. The van der Waals surface area contributed by atoms with E-state index >= 15 is 0 Å². The molecule has 2 aromatic rings. The lowest BCUT2D eigenvalue weighted by atomic mass is 9.96. The summed E-state index contributed by atoms with van der Waals surface area (Å²) in [6.07, 6.45) is 6.55. The number of aryl methyl sites for hydroxylation is 2. The van der Waals surface area contributed by atoms with Gasteiger partial charge in [-0.25, -0.2) is 9.97 Å². The van der Waals surface area contributed by atoms with Crippen LogP contribution in [0.25, 0.3) is 0 Å². The molecule has 1 aliphatic heterocycles. The molecule has 0 spiro atoms. The molecule has 0 atom stereocenters. The molecular weight excluding hydrogens is 314 g/mol. The largest absolute Gasteiger partial charge is 0.325 e. The lowest BCUT2D eigenvalue weighted by Gasteiger charge is -2.28. The van der Waals surface area contributed by atoms with Gasteiger partial charge in [0.1, 0.15) is 5.82 Å². The van der Waals surface area contributed by atoms with Gasteiger partial charge in [-0.2, -0.15) is 0 Å². The van der Waals surface area contributed by atoms with E-state index in [1.807, 2.05) is 19.1 Å². The Labute approximate surface area is 148 Å². The molecule has 0 saturated carbocycles. The summed E-state index contributed by atoms with van der Waals surface area (Å²) < 4.78 is 0. The third-order valence-electron chi connectivity index (χ3n) is 4.56. The maximum atomic E-state index is 12.1. The van der Waals surface area contributed by atoms with Crippen molar-refractivity contribution in [1.82, 2.24) is 19.9 Å². The highest BCUT2D eigenvalue weighted by molar-refractivity contribution is 5.90. The fourth-order valence-corrected chi connectivity index (χ4v) is 3.14. The van der Waals surface area contributed by atoms with Crippen LogP contribution < -0.4 is 5.32 Å². The zero-order chi connectivity index (χ0) is 17.6. The predicted molar refractivity (Wildman–Crippen MR) is 97.4 cm³/mol. The van der Waals surface area contributed by atoms with Gasteiger partial charge in [-0.05, 0) is 64.5 Å². The summed E-state index contributed by atoms with van der Waals surface area (Å²) in [7, 11) is 2.15. The topological polar surface area (TPSA) is 71.0 Å². The molecule has 6 nitrogen and oxygen atoms in total. The summed E-state index contributed by atoms with van der Waals surface area (Å²) >= 11 is 0. The van der Waals surface area contributed by atoms with E-state index in [4.69, 9.17) is 4.98 Å². The number of nitrogens with zero attached hydrogens (tertiary/aromatic N) is 4. The molecule has 0 unspecified atom stereocenters. The van der Waals surface area contributed by atoms with Gasteiger partial charge in [0.05, 0.1) is 11.9 Å². The van der Waals surface area contributed by atoms with Gasteiger partial charge >= 0.3 is 0 Å². The number of anilines is 1. The molecule has 3 heterocycles. The summed E-state index contributed by atoms with van der Waals surface area (Å²) in [6, 6.07) is 5.62. The van der Waals surface area contributed by atoms with Gasteiger partial charge in [0.15, 0.2) is 0 Å². The number of pyridine rings is 1. The number of hydrogen-bond donors (Lipinski definition) is 1. The van der Waals surface area contributed by atoms with Crippen molar-refractivity contribution in [2.75, 3.05) is 25.5 Å². The smallest absolute Gasteiger partial charge is 0.224 e. The normalized spacial score (nSPS) is 15.9. The van der Waals surface area contributed by atoms with Crippen LogP contribution in [0.15, 0.2) is 30.6 Å². The number of rotatable bonds is 5. The molecule has 0 aliphatic carbocycles. The Balaban J connectivity index is 1.59. The first-order chi connectivity index (χ1) is 12.1. The molecular formula is C19H25N5O. The SMILES string of the molecule is Cc1cc(CCC(=O)Nc2cccnc2)nc(C2CCN(C)CC2)n1. The number of hydrogen-bond acceptors (Lipinski definition) is 5. The van der Waals surface area contributed by atoms with Crippen molar-refractivity contribution in [2.24, 2.45) is 0 Å². The number of aromatic nitrogens is 3. The number of carbonyl (C=O) groups excluding carboxylic acids is 1. The van der Waals surface area contributed by atoms with E-state index in [1.54, 1.807) is 18.5 Å². The number of nitrogens with one attached hydrogen (secondary N) is 1. The number of amides is 1. The second-order valence-electron chi connectivity index (χ2n) is 6.73. The zero-order valence-corrected chi connectivity index (χ0v) is 14.9. The van der Waals surface area contributed by atoms with Crippen LogP contribution in [0.5, 0.6) is 0 Å². The molecule has 6 heteroatoms. The number of likely N-dealkylation sites (tertiary alicyclic amines) is 1. The Morgan fingerprint density at radius 3 is 2.84 bits per heavy atom. The lowest BCUT2D eigenvalue weighted by Crippen LogP contribution is -2.30. The second-order valence-corrected chi connectivity index (χ2v) is 6.73. The van der Waals surface area contributed by atoms with Gasteiger partial charge in [-0.1, -0.05) is 0 Å². The average molecular weight is 339 g/mol. The molecule has 1 saturated heterocycles. The summed E-state index contributed by atoms with van der Waals surface area (Å²) in [4.78, 5) is 27.8. The first-order valence-corrected chi connectivity index (χ1v) is 8.83. The minimum Gasteiger partial charge on any atom is -0.325 e. The Hall–Kier alpha value is -2.34. The molecule has 0 radical (unpaired) electrons. The van der Waals surface area contributed by atoms with Crippen LogP contribution in [0.4, 0.5) is 5.69 Å². The highest BCUT2D eigenvalue weighted by Gasteiger charge is 2.21. The van der Waals surface area contributed by atoms with E-state index < -0.39 is 0 Å². The van der Waals surface area contributed by atoms with E-state index in [0.717, 1.165) is 48.8 Å². The van der Waals surface area contributed by atoms with Crippen LogP contribution in [0, 0.1) is 6.92 Å². The summed E-state index contributed by atoms with van der Waals surface area (Å²) in [5.41, 5.74) is 2.65. The zero-order valence-electron chi connectivity index (χ0n) is 14.9. The van der Waals surface area contributed by atoms with Crippen molar-refractivity contribution in [1.29, 1.82) is 0 Å². The van der Waals surface area contributed by atoms with E-state index in [2.05, 4.69) is 27.2 Å². The third-order valence-corrected chi connectivity index (χ3v) is 4.56. The molecule has 1 amide bonds. The van der Waals surface area contributed by atoms with Gasteiger partial charge < -0.3 is 10.2 Å². The molecule has 0 bridgehead atoms. The minimum atomic E-state index is -0.0230. The minimum absolute atomic E-state index is 0.0230. The first-order valence-electron chi connectivity index (χ1n) is 8.83. The van der Waals surface area contributed by atoms with E-state index in [1.165, 1.54) is 0 Å². The average Bonchev–Trinajstić information content (AvgIpc) is 2.61. The lowest BCUT2D eigenvalue weighted by molar-refractivity contribution is -0.116. The van der Waals surface area contributed by atoms with Gasteiger partial charge in [0.2, 0.25) is 5.91 Å². The third kappa shape index (κ3) is 5.06. The quantitative estimate of drug-likeness (QED) is 0.906. The van der Waals surface area contributed by atoms with Crippen LogP contribution in [-0.2, 0) is 11.2 Å². The van der Waals surface area contributed by atoms with Gasteiger partial charge in [0.25, 0.3) is 0 Å². The van der Waals surface area contributed by atoms with Crippen molar-refractivity contribution in [3.8, 4) is 0 Å². The van der Waals surface area contributed by atoms with Crippen molar-refractivity contribution < 1.29 is 4.79 Å². The van der Waals surface area contributed by atoms with Crippen molar-refractivity contribution >= 4 is 11.6 Å². The van der Waals surface area contributed by atoms with Crippen molar-refractivity contribution in [3.63, 3.8) is 0 Å². The summed E-state index contributed by atoms with van der Waals surface area (Å²) in [5, 5.41) is 2.86. The van der Waals surface area contributed by atoms with E-state index in [9.17, 15) is 4.79 Å². The van der Waals surface area contributed by atoms with E-state index in [0.29, 0.717) is 18.8 Å². The van der Waals surface area contributed by atoms with Crippen molar-refractivity contribution in [2.45, 2.75) is 38.5 Å². The fourth-order valence-electron chi connectivity index (χ4n) is 3.14. The highest BCUT2D eigenvalue weighted by atomic mass is 16.1. The molecule has 1 fully saturated rings. The van der Waals surface area contributed by atoms with Crippen LogP contribution in [-0.4, -0.2) is 45.9 Å². The second kappa shape index (κ2) is 8.16. The molecule has 2 aromatic heterocycles. The molecule has 1 aliphatic rings. The maximum absolute atomic E-state index is 12.1. The maximum Gasteiger partial charge on any atom is 0.224 e. The fraction of sp³-hybridized carbons (Fsp3) is 0.474. The molecule has 0 aromatic carbocycles. The number of carbonyl (C=O) groups is 1. The molecule has 132 valence electrons. The first kappa shape index (κ1) is 17.5. The Bertz CT molecular complexity index is 711. The van der Waals surface area contributed by atoms with Gasteiger partial charge in [0, 0.05) is 29.9 Å². The van der Waals surface area contributed by atoms with Crippen LogP contribution in [0.2, 0.25) is 0 Å². The van der Waals surface area contributed by atoms with Crippen LogP contribution in [0.3, 0.4) is 0 Å². The molecule has 3 rings (SSSR count). The van der Waals surface area contributed by atoms with Crippen molar-refractivity contribution in [3.05, 3.63) is 47.8 Å². The van der Waals surface area contributed by atoms with Gasteiger partial charge in [-0.15, -0.1) is 0 Å². The summed E-state index contributed by atoms with van der Waals surface area (Å²) in [6.45, 7) is 4.18. The number of piperidine rings is 1. The van der Waals surface area contributed by atoms with Gasteiger partial charge in [-0.3, -0.25) is 9.78 Å². The van der Waals surface area contributed by atoms with Crippen LogP contribution in [0.1, 0.15) is 42.4 Å². The summed E-state index contributed by atoms with van der Waals surface area (Å²) in [5.74, 6) is 1.35. The Kier molecular flexibility index (Phi) is 5.71. The van der Waals surface area contributed by atoms with E-state index in [-0.39, 0.29) is 5.91 Å². The Morgan fingerprint density at radius 1 is 1.32 bits per heavy atom. The molecule has 1 N–H and O–H groups in total. The standard InChI is InChI=1S/C19H25N5O/c1-14-12-16(5-6-18(25)22-17-4-3-9-20-13-17)23-19(21-14)15-7-10-24(2)11-8-15/h3-4,9,12-13,15H,5-8,10-11H2,1-2H3,(H,22,25). The Morgan fingerprint density at radius 2 is 2.12 bits per heavy atom. The monoisotopic (exact) mass is 339 g/mol. The van der Waals surface area contributed by atoms with Crippen LogP contribution >= 0.6 is 0 Å².